The van der Waals surface area contributed by atoms with Gasteiger partial charge in [0.25, 0.3) is 0 Å². The Morgan fingerprint density at radius 2 is 2.24 bits per heavy atom. The Hall–Kier alpha value is -1.62. The Balaban J connectivity index is 0.00000121. The van der Waals surface area contributed by atoms with Gasteiger partial charge in [-0.15, -0.1) is 0 Å². The topological polar surface area (TPSA) is 71.5 Å². The lowest BCUT2D eigenvalue weighted by molar-refractivity contribution is -0.114. The number of ether oxygens (including phenoxy) is 1. The van der Waals surface area contributed by atoms with Crippen LogP contribution in [0.3, 0.4) is 0 Å². The fourth-order valence-electron chi connectivity index (χ4n) is 1.00. The molecule has 0 atom stereocenters. The van der Waals surface area contributed by atoms with E-state index in [4.69, 9.17) is 9.84 Å². The molecule has 1 aromatic rings. The number of carbonyl (C=O) groups is 1. The summed E-state index contributed by atoms with van der Waals surface area (Å²) in [7, 11) is 0. The molecule has 17 heavy (non-hydrogen) atoms. The lowest BCUT2D eigenvalue weighted by Gasteiger charge is -2.06. The molecule has 1 amide bonds. The number of aliphatic hydroxyl groups is 1. The van der Waals surface area contributed by atoms with Crippen LogP contribution >= 0.6 is 0 Å². The van der Waals surface area contributed by atoms with Crippen LogP contribution in [0.25, 0.3) is 0 Å². The van der Waals surface area contributed by atoms with Gasteiger partial charge in [-0.2, -0.15) is 0 Å². The second-order valence-electron chi connectivity index (χ2n) is 2.98. The number of anilines is 1. The van der Waals surface area contributed by atoms with E-state index in [0.717, 1.165) is 0 Å². The van der Waals surface area contributed by atoms with Crippen molar-refractivity contribution in [1.29, 1.82) is 0 Å². The van der Waals surface area contributed by atoms with Crippen LogP contribution in [0.1, 0.15) is 27.2 Å². The minimum atomic E-state index is -0.171. The average Bonchev–Trinajstić information content (AvgIpc) is 2.32. The Labute approximate surface area is 102 Å². The smallest absolute Gasteiger partial charge is 0.222 e. The lowest BCUT2D eigenvalue weighted by Crippen LogP contribution is -2.07. The molecule has 0 bridgehead atoms. The largest absolute Gasteiger partial charge is 0.493 e. The van der Waals surface area contributed by atoms with E-state index in [2.05, 4.69) is 10.3 Å². The summed E-state index contributed by atoms with van der Waals surface area (Å²) in [5, 5.41) is 11.1. The summed E-state index contributed by atoms with van der Waals surface area (Å²) < 4.78 is 5.32. The van der Waals surface area contributed by atoms with E-state index in [0.29, 0.717) is 24.6 Å². The van der Waals surface area contributed by atoms with Crippen LogP contribution in [0.4, 0.5) is 5.82 Å². The third kappa shape index (κ3) is 7.30. The Morgan fingerprint density at radius 3 is 2.82 bits per heavy atom. The molecule has 0 aliphatic rings. The van der Waals surface area contributed by atoms with Gasteiger partial charge < -0.3 is 15.2 Å². The number of hydrogen-bond donors (Lipinski definition) is 2. The highest BCUT2D eigenvalue weighted by Crippen LogP contribution is 2.14. The number of nitrogens with zero attached hydrogens (tertiary/aromatic N) is 1. The lowest BCUT2D eigenvalue weighted by atomic mass is 10.4. The molecule has 5 nitrogen and oxygen atoms in total. The van der Waals surface area contributed by atoms with Gasteiger partial charge in [0.05, 0.1) is 6.61 Å². The van der Waals surface area contributed by atoms with Crippen molar-refractivity contribution in [3.8, 4) is 5.75 Å². The van der Waals surface area contributed by atoms with Gasteiger partial charge in [-0.05, 0) is 6.07 Å². The Bertz CT molecular complexity index is 329. The van der Waals surface area contributed by atoms with Crippen molar-refractivity contribution < 1.29 is 14.6 Å². The predicted octanol–water partition coefficient (Wildman–Crippen LogP) is 1.83. The zero-order valence-corrected chi connectivity index (χ0v) is 10.6. The van der Waals surface area contributed by atoms with E-state index in [1.807, 2.05) is 13.8 Å². The molecule has 2 N–H and O–H groups in total. The predicted molar refractivity (Wildman–Crippen MR) is 67.1 cm³/mol. The van der Waals surface area contributed by atoms with Gasteiger partial charge in [-0.3, -0.25) is 4.79 Å². The van der Waals surface area contributed by atoms with Crippen molar-refractivity contribution in [3.05, 3.63) is 18.3 Å². The molecule has 0 saturated heterocycles. The molecule has 0 saturated carbocycles. The highest BCUT2D eigenvalue weighted by Gasteiger charge is 1.99. The summed E-state index contributed by atoms with van der Waals surface area (Å²) in [4.78, 5) is 14.7. The van der Waals surface area contributed by atoms with Crippen LogP contribution in [0.15, 0.2) is 18.3 Å². The average molecular weight is 240 g/mol. The van der Waals surface area contributed by atoms with Gasteiger partial charge in [0.2, 0.25) is 5.91 Å². The van der Waals surface area contributed by atoms with E-state index in [-0.39, 0.29) is 12.5 Å². The fourth-order valence-corrected chi connectivity index (χ4v) is 1.00. The number of pyridine rings is 1. The van der Waals surface area contributed by atoms with E-state index < -0.39 is 0 Å². The number of aromatic nitrogens is 1. The molecule has 0 spiro atoms. The second kappa shape index (κ2) is 9.59. The number of carbonyl (C=O) groups excluding carboxylic acids is 1. The van der Waals surface area contributed by atoms with Crippen molar-refractivity contribution in [2.75, 3.05) is 18.5 Å². The van der Waals surface area contributed by atoms with Gasteiger partial charge in [0.15, 0.2) is 0 Å². The van der Waals surface area contributed by atoms with Crippen LogP contribution in [0.5, 0.6) is 5.75 Å². The molecule has 0 fully saturated rings. The standard InChI is InChI=1S/C10H14N2O3.C2H6/c1-8(14)12-10-7-9(3-4-11-10)15-6-2-5-13;1-2/h3-4,7,13H,2,5-6H2,1H3,(H,11,12,14);1-2H3. The summed E-state index contributed by atoms with van der Waals surface area (Å²) >= 11 is 0. The number of aliphatic hydroxyl groups excluding tert-OH is 1. The van der Waals surface area contributed by atoms with Crippen molar-refractivity contribution in [2.24, 2.45) is 0 Å². The first-order valence-electron chi connectivity index (χ1n) is 5.69. The normalized spacial score (nSPS) is 8.94. The Morgan fingerprint density at radius 1 is 1.53 bits per heavy atom. The monoisotopic (exact) mass is 240 g/mol. The summed E-state index contributed by atoms with van der Waals surface area (Å²) in [6.07, 6.45) is 2.14. The Kier molecular flexibility index (Phi) is 8.68. The van der Waals surface area contributed by atoms with Gasteiger partial charge >= 0.3 is 0 Å². The van der Waals surface area contributed by atoms with Crippen LogP contribution in [0.2, 0.25) is 0 Å². The SMILES string of the molecule is CC.CC(=O)Nc1cc(OCCCO)ccn1. The molecule has 0 radical (unpaired) electrons. The van der Waals surface area contributed by atoms with Gasteiger partial charge in [0.1, 0.15) is 11.6 Å². The first-order valence-corrected chi connectivity index (χ1v) is 5.69. The third-order valence-electron chi connectivity index (χ3n) is 1.61. The second-order valence-corrected chi connectivity index (χ2v) is 2.98. The summed E-state index contributed by atoms with van der Waals surface area (Å²) in [6, 6.07) is 3.33. The van der Waals surface area contributed by atoms with Crippen molar-refractivity contribution in [2.45, 2.75) is 27.2 Å². The molecule has 0 aromatic carbocycles. The van der Waals surface area contributed by atoms with E-state index in [1.165, 1.54) is 6.92 Å². The van der Waals surface area contributed by atoms with Crippen LogP contribution in [0, 0.1) is 0 Å². The first kappa shape index (κ1) is 15.4. The molecular weight excluding hydrogens is 220 g/mol. The maximum atomic E-state index is 10.8. The zero-order chi connectivity index (χ0) is 13.1. The highest BCUT2D eigenvalue weighted by molar-refractivity contribution is 5.87. The van der Waals surface area contributed by atoms with Crippen LogP contribution in [-0.2, 0) is 4.79 Å². The number of amides is 1. The highest BCUT2D eigenvalue weighted by atomic mass is 16.5. The van der Waals surface area contributed by atoms with Crippen LogP contribution < -0.4 is 10.1 Å². The molecule has 0 unspecified atom stereocenters. The summed E-state index contributed by atoms with van der Waals surface area (Å²) in [5.41, 5.74) is 0. The molecule has 96 valence electrons. The molecule has 1 rings (SSSR count). The van der Waals surface area contributed by atoms with E-state index >= 15 is 0 Å². The number of nitrogens with one attached hydrogen (secondary N) is 1. The minimum Gasteiger partial charge on any atom is -0.493 e. The van der Waals surface area contributed by atoms with Gasteiger partial charge in [-0.1, -0.05) is 13.8 Å². The first-order chi connectivity index (χ1) is 8.22. The van der Waals surface area contributed by atoms with Gasteiger partial charge in [0, 0.05) is 32.2 Å². The van der Waals surface area contributed by atoms with E-state index in [9.17, 15) is 4.79 Å². The minimum absolute atomic E-state index is 0.101. The van der Waals surface area contributed by atoms with Crippen LogP contribution in [-0.4, -0.2) is 29.2 Å². The van der Waals surface area contributed by atoms with Crippen molar-refractivity contribution in [3.63, 3.8) is 0 Å². The third-order valence-corrected chi connectivity index (χ3v) is 1.61. The molecule has 5 heteroatoms. The maximum absolute atomic E-state index is 10.8. The van der Waals surface area contributed by atoms with Gasteiger partial charge in [-0.25, -0.2) is 4.98 Å². The van der Waals surface area contributed by atoms with Crippen molar-refractivity contribution >= 4 is 11.7 Å². The maximum Gasteiger partial charge on any atom is 0.222 e. The molecule has 1 heterocycles. The quantitative estimate of drug-likeness (QED) is 0.770. The van der Waals surface area contributed by atoms with Crippen molar-refractivity contribution in [1.82, 2.24) is 4.98 Å². The summed E-state index contributed by atoms with van der Waals surface area (Å²) in [5.74, 6) is 0.918. The number of rotatable bonds is 5. The zero-order valence-electron chi connectivity index (χ0n) is 10.6. The molecule has 0 aliphatic carbocycles. The molecule has 0 aliphatic heterocycles. The number of hydrogen-bond acceptors (Lipinski definition) is 4. The summed E-state index contributed by atoms with van der Waals surface area (Å²) in [6.45, 7) is 5.96. The fraction of sp³-hybridized carbons (Fsp3) is 0.500. The molecular formula is C12H20N2O3. The molecule has 1 aromatic heterocycles. The van der Waals surface area contributed by atoms with E-state index in [1.54, 1.807) is 18.3 Å².